The van der Waals surface area contributed by atoms with E-state index in [1.165, 1.54) is 17.0 Å². The molecule has 4 rings (SSSR count). The monoisotopic (exact) mass is 385 g/mol. The molecule has 0 spiro atoms. The molecule has 0 radical (unpaired) electrons. The lowest BCUT2D eigenvalue weighted by atomic mass is 9.91. The zero-order chi connectivity index (χ0) is 19.0. The molecule has 1 N–H and O–H groups in total. The SMILES string of the molecule is CC1(c2ccc(N3CCOCC3)cc2)NC(=S)N(c2ccc(F)cc2)C1=O. The summed E-state index contributed by atoms with van der Waals surface area (Å²) in [5, 5.41) is 3.45. The Kier molecular flexibility index (Phi) is 4.57. The molecule has 1 unspecified atom stereocenters. The third-order valence-electron chi connectivity index (χ3n) is 5.10. The van der Waals surface area contributed by atoms with Gasteiger partial charge in [-0.25, -0.2) is 4.39 Å². The number of hydrogen-bond donors (Lipinski definition) is 1. The molecule has 27 heavy (non-hydrogen) atoms. The van der Waals surface area contributed by atoms with Crippen LogP contribution in [0.25, 0.3) is 0 Å². The number of halogens is 1. The Balaban J connectivity index is 1.60. The fourth-order valence-electron chi connectivity index (χ4n) is 3.49. The average molecular weight is 385 g/mol. The molecule has 2 aromatic rings. The Morgan fingerprint density at radius 3 is 2.26 bits per heavy atom. The van der Waals surface area contributed by atoms with Crippen LogP contribution in [0.4, 0.5) is 15.8 Å². The summed E-state index contributed by atoms with van der Waals surface area (Å²) in [6.07, 6.45) is 0. The predicted molar refractivity (Wildman–Crippen MR) is 106 cm³/mol. The molecule has 2 heterocycles. The number of amides is 1. The topological polar surface area (TPSA) is 44.8 Å². The maximum Gasteiger partial charge on any atom is 0.263 e. The van der Waals surface area contributed by atoms with Gasteiger partial charge in [0, 0.05) is 18.8 Å². The fraction of sp³-hybridized carbons (Fsp3) is 0.300. The van der Waals surface area contributed by atoms with Gasteiger partial charge in [0.2, 0.25) is 0 Å². The molecule has 0 aromatic heterocycles. The van der Waals surface area contributed by atoms with Gasteiger partial charge < -0.3 is 15.0 Å². The molecule has 5 nitrogen and oxygen atoms in total. The first-order chi connectivity index (χ1) is 13.0. The second-order valence-electron chi connectivity index (χ2n) is 6.82. The van der Waals surface area contributed by atoms with E-state index in [0.29, 0.717) is 10.8 Å². The van der Waals surface area contributed by atoms with Crippen LogP contribution >= 0.6 is 12.2 Å². The Hall–Kier alpha value is -2.51. The van der Waals surface area contributed by atoms with Crippen molar-refractivity contribution in [3.8, 4) is 0 Å². The van der Waals surface area contributed by atoms with Crippen LogP contribution in [-0.4, -0.2) is 37.3 Å². The van der Waals surface area contributed by atoms with E-state index in [0.717, 1.165) is 37.6 Å². The minimum atomic E-state index is -0.963. The first-order valence-corrected chi connectivity index (χ1v) is 9.25. The average Bonchev–Trinajstić information content (AvgIpc) is 2.93. The highest BCUT2D eigenvalue weighted by Gasteiger charge is 2.47. The molecular formula is C20H20FN3O2S. The van der Waals surface area contributed by atoms with Crippen molar-refractivity contribution >= 4 is 34.6 Å². The number of hydrogen-bond acceptors (Lipinski definition) is 4. The lowest BCUT2D eigenvalue weighted by Crippen LogP contribution is -2.41. The van der Waals surface area contributed by atoms with Gasteiger partial charge in [0.25, 0.3) is 5.91 Å². The van der Waals surface area contributed by atoms with Crippen LogP contribution in [-0.2, 0) is 15.1 Å². The van der Waals surface area contributed by atoms with Gasteiger partial charge in [-0.1, -0.05) is 12.1 Å². The number of nitrogens with zero attached hydrogens (tertiary/aromatic N) is 2. The van der Waals surface area contributed by atoms with Gasteiger partial charge in [-0.2, -0.15) is 0 Å². The molecule has 0 saturated carbocycles. The van der Waals surface area contributed by atoms with Crippen molar-refractivity contribution in [2.24, 2.45) is 0 Å². The minimum absolute atomic E-state index is 0.182. The number of thiocarbonyl (C=S) groups is 1. The predicted octanol–water partition coefficient (Wildman–Crippen LogP) is 2.80. The van der Waals surface area contributed by atoms with Gasteiger partial charge in [0.15, 0.2) is 5.11 Å². The van der Waals surface area contributed by atoms with E-state index in [4.69, 9.17) is 17.0 Å². The zero-order valence-electron chi connectivity index (χ0n) is 14.9. The van der Waals surface area contributed by atoms with Crippen LogP contribution in [0.3, 0.4) is 0 Å². The number of nitrogens with one attached hydrogen (secondary N) is 1. The number of ether oxygens (including phenoxy) is 1. The van der Waals surface area contributed by atoms with Gasteiger partial charge in [-0.15, -0.1) is 0 Å². The van der Waals surface area contributed by atoms with Crippen LogP contribution in [0.15, 0.2) is 48.5 Å². The van der Waals surface area contributed by atoms with Gasteiger partial charge >= 0.3 is 0 Å². The summed E-state index contributed by atoms with van der Waals surface area (Å²) in [7, 11) is 0. The molecular weight excluding hydrogens is 365 g/mol. The summed E-state index contributed by atoms with van der Waals surface area (Å²) in [6.45, 7) is 4.97. The number of carbonyl (C=O) groups excluding carboxylic acids is 1. The van der Waals surface area contributed by atoms with Gasteiger partial charge in [0.1, 0.15) is 11.4 Å². The third kappa shape index (κ3) is 3.17. The lowest BCUT2D eigenvalue weighted by Gasteiger charge is -2.29. The van der Waals surface area contributed by atoms with E-state index in [1.54, 1.807) is 12.1 Å². The first-order valence-electron chi connectivity index (χ1n) is 8.84. The Labute approximate surface area is 162 Å². The first kappa shape index (κ1) is 17.9. The molecule has 140 valence electrons. The van der Waals surface area contributed by atoms with Crippen molar-refractivity contribution in [3.63, 3.8) is 0 Å². The Bertz CT molecular complexity index is 866. The second kappa shape index (κ2) is 6.90. The van der Waals surface area contributed by atoms with Gasteiger partial charge in [0.05, 0.1) is 18.9 Å². The van der Waals surface area contributed by atoms with Gasteiger partial charge in [-0.3, -0.25) is 9.69 Å². The minimum Gasteiger partial charge on any atom is -0.378 e. The normalized spacial score (nSPS) is 22.9. The van der Waals surface area contributed by atoms with Crippen LogP contribution in [0.1, 0.15) is 12.5 Å². The summed E-state index contributed by atoms with van der Waals surface area (Å²) < 4.78 is 18.6. The summed E-state index contributed by atoms with van der Waals surface area (Å²) in [5.74, 6) is -0.538. The zero-order valence-corrected chi connectivity index (χ0v) is 15.8. The fourth-order valence-corrected chi connectivity index (χ4v) is 3.88. The summed E-state index contributed by atoms with van der Waals surface area (Å²) in [5.41, 5.74) is 1.52. The van der Waals surface area contributed by atoms with Gasteiger partial charge in [-0.05, 0) is 61.1 Å². The highest BCUT2D eigenvalue weighted by Crippen LogP contribution is 2.33. The summed E-state index contributed by atoms with van der Waals surface area (Å²) >= 11 is 5.39. The van der Waals surface area contributed by atoms with Crippen LogP contribution in [0.2, 0.25) is 0 Å². The van der Waals surface area contributed by atoms with E-state index in [1.807, 2.05) is 31.2 Å². The van der Waals surface area contributed by atoms with E-state index >= 15 is 0 Å². The van der Waals surface area contributed by atoms with Crippen molar-refractivity contribution < 1.29 is 13.9 Å². The van der Waals surface area contributed by atoms with Crippen LogP contribution in [0.5, 0.6) is 0 Å². The third-order valence-corrected chi connectivity index (χ3v) is 5.38. The highest BCUT2D eigenvalue weighted by molar-refractivity contribution is 7.80. The van der Waals surface area contributed by atoms with Crippen molar-refractivity contribution in [3.05, 3.63) is 59.9 Å². The van der Waals surface area contributed by atoms with Crippen molar-refractivity contribution in [1.82, 2.24) is 5.32 Å². The number of carbonyl (C=O) groups is 1. The molecule has 0 aliphatic carbocycles. The molecule has 2 fully saturated rings. The molecule has 2 saturated heterocycles. The molecule has 7 heteroatoms. The van der Waals surface area contributed by atoms with Crippen molar-refractivity contribution in [1.29, 1.82) is 0 Å². The van der Waals surface area contributed by atoms with Crippen LogP contribution in [0, 0.1) is 5.82 Å². The van der Waals surface area contributed by atoms with Crippen molar-refractivity contribution in [2.45, 2.75) is 12.5 Å². The molecule has 2 aromatic carbocycles. The number of anilines is 2. The van der Waals surface area contributed by atoms with Crippen molar-refractivity contribution in [2.75, 3.05) is 36.1 Å². The largest absolute Gasteiger partial charge is 0.378 e. The molecule has 2 aliphatic rings. The molecule has 1 amide bonds. The maximum atomic E-state index is 13.2. The quantitative estimate of drug-likeness (QED) is 0.824. The Morgan fingerprint density at radius 1 is 1.04 bits per heavy atom. The number of benzene rings is 2. The Morgan fingerprint density at radius 2 is 1.63 bits per heavy atom. The van der Waals surface area contributed by atoms with E-state index < -0.39 is 5.54 Å². The van der Waals surface area contributed by atoms with E-state index in [9.17, 15) is 9.18 Å². The highest BCUT2D eigenvalue weighted by atomic mass is 32.1. The smallest absolute Gasteiger partial charge is 0.263 e. The maximum absolute atomic E-state index is 13.2. The van der Waals surface area contributed by atoms with Crippen LogP contribution < -0.4 is 15.1 Å². The summed E-state index contributed by atoms with van der Waals surface area (Å²) in [6, 6.07) is 13.7. The lowest BCUT2D eigenvalue weighted by molar-refractivity contribution is -0.121. The van der Waals surface area contributed by atoms with E-state index in [2.05, 4.69) is 10.2 Å². The number of morpholine rings is 1. The number of rotatable bonds is 3. The second-order valence-corrected chi connectivity index (χ2v) is 7.21. The molecule has 0 bridgehead atoms. The standard InChI is InChI=1S/C20H20FN3O2S/c1-20(14-2-6-16(7-3-14)23-10-12-26-13-11-23)18(25)24(19(27)22-20)17-8-4-15(21)5-9-17/h2-9H,10-13H2,1H3,(H,22,27). The summed E-state index contributed by atoms with van der Waals surface area (Å²) in [4.78, 5) is 16.8. The molecule has 2 aliphatic heterocycles. The van der Waals surface area contributed by atoms with E-state index in [-0.39, 0.29) is 11.7 Å². The molecule has 1 atom stereocenters.